The lowest BCUT2D eigenvalue weighted by atomic mass is 9.82. The van der Waals surface area contributed by atoms with Crippen LogP contribution in [0.1, 0.15) is 36.2 Å². The minimum absolute atomic E-state index is 0.00813. The number of rotatable bonds is 2. The highest BCUT2D eigenvalue weighted by Gasteiger charge is 2.36. The van der Waals surface area contributed by atoms with E-state index >= 15 is 0 Å². The van der Waals surface area contributed by atoms with Crippen LogP contribution in [0.15, 0.2) is 91.0 Å². The summed E-state index contributed by atoms with van der Waals surface area (Å²) in [5, 5.41) is 1.35. The standard InChI is InChI=1S/C31H27N/c1-20-21(2)32(24-16-14-23(15-17-24)22-10-6-5-7-11-22)30-19-29-27(18-26(20)30)25-12-8-9-13-28(25)31(29,3)4/h5-19H,1-4H3. The number of hydrogen-bond acceptors (Lipinski definition) is 0. The molecule has 0 radical (unpaired) electrons. The molecule has 32 heavy (non-hydrogen) atoms. The first-order valence-corrected chi connectivity index (χ1v) is 11.4. The van der Waals surface area contributed by atoms with Crippen LogP contribution >= 0.6 is 0 Å². The number of hydrogen-bond donors (Lipinski definition) is 0. The maximum Gasteiger partial charge on any atom is 0.0537 e. The molecule has 1 aromatic heterocycles. The molecule has 1 aliphatic carbocycles. The van der Waals surface area contributed by atoms with Crippen LogP contribution in [0.4, 0.5) is 0 Å². The molecule has 1 nitrogen and oxygen atoms in total. The fourth-order valence-electron chi connectivity index (χ4n) is 5.53. The Hall–Kier alpha value is -3.58. The van der Waals surface area contributed by atoms with Crippen LogP contribution in [0, 0.1) is 13.8 Å². The Kier molecular flexibility index (Phi) is 4.01. The van der Waals surface area contributed by atoms with Gasteiger partial charge in [-0.3, -0.25) is 0 Å². The monoisotopic (exact) mass is 413 g/mol. The second kappa shape index (κ2) is 6.71. The summed E-state index contributed by atoms with van der Waals surface area (Å²) in [6, 6.07) is 33.3. The zero-order valence-corrected chi connectivity index (χ0v) is 19.1. The lowest BCUT2D eigenvalue weighted by Gasteiger charge is -2.21. The summed E-state index contributed by atoms with van der Waals surface area (Å²) >= 11 is 0. The Balaban J connectivity index is 1.55. The molecule has 0 bridgehead atoms. The molecule has 1 aliphatic rings. The quantitative estimate of drug-likeness (QED) is 0.275. The Morgan fingerprint density at radius 3 is 2.03 bits per heavy atom. The molecule has 0 spiro atoms. The molecule has 0 N–H and O–H groups in total. The zero-order valence-electron chi connectivity index (χ0n) is 19.1. The summed E-state index contributed by atoms with van der Waals surface area (Å²) in [6.07, 6.45) is 0. The second-order valence-corrected chi connectivity index (χ2v) is 9.54. The van der Waals surface area contributed by atoms with E-state index in [0.29, 0.717) is 0 Å². The molecule has 5 aromatic rings. The zero-order chi connectivity index (χ0) is 22.0. The third-order valence-electron chi connectivity index (χ3n) is 7.46. The van der Waals surface area contributed by atoms with Gasteiger partial charge in [-0.05, 0) is 77.1 Å². The predicted octanol–water partition coefficient (Wildman–Crippen LogP) is 8.22. The summed E-state index contributed by atoms with van der Waals surface area (Å²) in [5.41, 5.74) is 13.3. The van der Waals surface area contributed by atoms with Gasteiger partial charge in [-0.2, -0.15) is 0 Å². The van der Waals surface area contributed by atoms with Crippen LogP contribution in [0.25, 0.3) is 38.8 Å². The molecule has 0 saturated heterocycles. The lowest BCUT2D eigenvalue weighted by molar-refractivity contribution is 0.661. The van der Waals surface area contributed by atoms with Crippen molar-refractivity contribution < 1.29 is 0 Å². The maximum atomic E-state index is 2.44. The van der Waals surface area contributed by atoms with E-state index in [2.05, 4.69) is 123 Å². The number of benzene rings is 4. The molecule has 4 aromatic carbocycles. The van der Waals surface area contributed by atoms with E-state index < -0.39 is 0 Å². The summed E-state index contributed by atoms with van der Waals surface area (Å²) in [5.74, 6) is 0. The van der Waals surface area contributed by atoms with Gasteiger partial charge in [0.1, 0.15) is 0 Å². The van der Waals surface area contributed by atoms with Crippen molar-refractivity contribution in [1.82, 2.24) is 4.57 Å². The molecule has 0 fully saturated rings. The van der Waals surface area contributed by atoms with Crippen molar-refractivity contribution in [3.05, 3.63) is 113 Å². The van der Waals surface area contributed by atoms with Crippen molar-refractivity contribution in [1.29, 1.82) is 0 Å². The van der Waals surface area contributed by atoms with Gasteiger partial charge < -0.3 is 4.57 Å². The first-order valence-electron chi connectivity index (χ1n) is 11.4. The van der Waals surface area contributed by atoms with Crippen molar-refractivity contribution >= 4 is 10.9 Å². The SMILES string of the molecule is Cc1c(C)n(-c2ccc(-c3ccccc3)cc2)c2cc3c(cc12)-c1ccccc1C3(C)C. The Labute approximate surface area is 190 Å². The van der Waals surface area contributed by atoms with E-state index in [4.69, 9.17) is 0 Å². The van der Waals surface area contributed by atoms with E-state index in [1.54, 1.807) is 0 Å². The average molecular weight is 414 g/mol. The average Bonchev–Trinajstić information content (AvgIpc) is 3.21. The van der Waals surface area contributed by atoms with Gasteiger partial charge in [0.25, 0.3) is 0 Å². The normalized spacial score (nSPS) is 13.9. The van der Waals surface area contributed by atoms with Crippen molar-refractivity contribution in [2.24, 2.45) is 0 Å². The van der Waals surface area contributed by atoms with Crippen molar-refractivity contribution in [2.75, 3.05) is 0 Å². The van der Waals surface area contributed by atoms with Gasteiger partial charge in [0.15, 0.2) is 0 Å². The van der Waals surface area contributed by atoms with Gasteiger partial charge in [-0.25, -0.2) is 0 Å². The molecule has 0 atom stereocenters. The summed E-state index contributed by atoms with van der Waals surface area (Å²) in [6.45, 7) is 9.20. The fourth-order valence-corrected chi connectivity index (χ4v) is 5.53. The molecule has 0 saturated carbocycles. The van der Waals surface area contributed by atoms with E-state index in [1.807, 2.05) is 0 Å². The van der Waals surface area contributed by atoms with Crippen molar-refractivity contribution in [3.8, 4) is 27.9 Å². The van der Waals surface area contributed by atoms with Crippen LogP contribution < -0.4 is 0 Å². The van der Waals surface area contributed by atoms with Crippen LogP contribution in [0.3, 0.4) is 0 Å². The summed E-state index contributed by atoms with van der Waals surface area (Å²) < 4.78 is 2.43. The van der Waals surface area contributed by atoms with Crippen LogP contribution in [-0.4, -0.2) is 4.57 Å². The molecule has 1 heteroatoms. The first kappa shape index (κ1) is 19.1. The van der Waals surface area contributed by atoms with E-state index in [0.717, 1.165) is 0 Å². The van der Waals surface area contributed by atoms with Gasteiger partial charge in [0, 0.05) is 22.2 Å². The third-order valence-corrected chi connectivity index (χ3v) is 7.46. The lowest BCUT2D eigenvalue weighted by Crippen LogP contribution is -2.15. The largest absolute Gasteiger partial charge is 0.314 e. The Bertz CT molecular complexity index is 1480. The smallest absolute Gasteiger partial charge is 0.0537 e. The molecule has 0 unspecified atom stereocenters. The molecular weight excluding hydrogens is 386 g/mol. The predicted molar refractivity (Wildman–Crippen MR) is 136 cm³/mol. The second-order valence-electron chi connectivity index (χ2n) is 9.54. The molecule has 156 valence electrons. The molecule has 0 amide bonds. The van der Waals surface area contributed by atoms with E-state index in [9.17, 15) is 0 Å². The van der Waals surface area contributed by atoms with Gasteiger partial charge in [0.2, 0.25) is 0 Å². The molecule has 0 aliphatic heterocycles. The van der Waals surface area contributed by atoms with Crippen LogP contribution in [0.5, 0.6) is 0 Å². The first-order chi connectivity index (χ1) is 15.5. The summed E-state index contributed by atoms with van der Waals surface area (Å²) in [7, 11) is 0. The van der Waals surface area contributed by atoms with Crippen molar-refractivity contribution in [3.63, 3.8) is 0 Å². The summed E-state index contributed by atoms with van der Waals surface area (Å²) in [4.78, 5) is 0. The highest BCUT2D eigenvalue weighted by atomic mass is 15.0. The minimum Gasteiger partial charge on any atom is -0.314 e. The number of aromatic nitrogens is 1. The van der Waals surface area contributed by atoms with Crippen LogP contribution in [-0.2, 0) is 5.41 Å². The fraction of sp³-hybridized carbons (Fsp3) is 0.161. The van der Waals surface area contributed by atoms with E-state index in [1.165, 1.54) is 61.2 Å². The Morgan fingerprint density at radius 2 is 1.28 bits per heavy atom. The minimum atomic E-state index is 0.00813. The number of aryl methyl sites for hydroxylation is 1. The van der Waals surface area contributed by atoms with Gasteiger partial charge in [-0.1, -0.05) is 80.6 Å². The van der Waals surface area contributed by atoms with Crippen molar-refractivity contribution in [2.45, 2.75) is 33.1 Å². The van der Waals surface area contributed by atoms with Gasteiger partial charge in [-0.15, -0.1) is 0 Å². The van der Waals surface area contributed by atoms with E-state index in [-0.39, 0.29) is 5.41 Å². The van der Waals surface area contributed by atoms with Crippen LogP contribution in [0.2, 0.25) is 0 Å². The van der Waals surface area contributed by atoms with Gasteiger partial charge in [0.05, 0.1) is 5.52 Å². The molecular formula is C31H27N. The number of fused-ring (bicyclic) bond motifs is 4. The Morgan fingerprint density at radius 1 is 0.625 bits per heavy atom. The highest BCUT2D eigenvalue weighted by molar-refractivity contribution is 5.95. The topological polar surface area (TPSA) is 4.93 Å². The molecule has 6 rings (SSSR count). The maximum absolute atomic E-state index is 2.44. The third kappa shape index (κ3) is 2.58. The highest BCUT2D eigenvalue weighted by Crippen LogP contribution is 2.50. The number of nitrogens with zero attached hydrogens (tertiary/aromatic N) is 1. The molecule has 1 heterocycles. The van der Waals surface area contributed by atoms with Gasteiger partial charge >= 0.3 is 0 Å².